The Kier molecular flexibility index (Phi) is 8.79. The fraction of sp³-hybridized carbons (Fsp3) is 0.929. The molecule has 3 atom stereocenters. The molecule has 1 rings (SSSR count). The fourth-order valence-electron chi connectivity index (χ4n) is 2.25. The lowest BCUT2D eigenvalue weighted by atomic mass is 10.2. The van der Waals surface area contributed by atoms with E-state index in [9.17, 15) is 9.90 Å². The summed E-state index contributed by atoms with van der Waals surface area (Å²) in [7, 11) is 2.98. The monoisotopic (exact) mass is 305 g/mol. The van der Waals surface area contributed by atoms with Crippen LogP contribution in [0.2, 0.25) is 0 Å². The second-order valence-corrected chi connectivity index (χ2v) is 5.29. The zero-order valence-electron chi connectivity index (χ0n) is 13.1. The molecule has 1 saturated heterocycles. The van der Waals surface area contributed by atoms with Crippen molar-refractivity contribution in [2.75, 3.05) is 53.7 Å². The Morgan fingerprint density at radius 3 is 2.86 bits per heavy atom. The predicted octanol–water partition coefficient (Wildman–Crippen LogP) is -0.337. The number of morpholine rings is 1. The number of ether oxygens (including phenoxy) is 4. The molecule has 0 radical (unpaired) electrons. The Morgan fingerprint density at radius 1 is 1.43 bits per heavy atom. The van der Waals surface area contributed by atoms with Gasteiger partial charge in [-0.3, -0.25) is 9.69 Å². The maximum atomic E-state index is 11.2. The number of aliphatic hydroxyl groups excluding tert-OH is 1. The number of esters is 1. The van der Waals surface area contributed by atoms with Gasteiger partial charge >= 0.3 is 5.97 Å². The topological polar surface area (TPSA) is 77.5 Å². The summed E-state index contributed by atoms with van der Waals surface area (Å²) in [6, 6.07) is 0. The predicted molar refractivity (Wildman–Crippen MR) is 76.1 cm³/mol. The summed E-state index contributed by atoms with van der Waals surface area (Å²) >= 11 is 0. The highest BCUT2D eigenvalue weighted by Crippen LogP contribution is 2.10. The van der Waals surface area contributed by atoms with Crippen LogP contribution in [0.5, 0.6) is 0 Å². The van der Waals surface area contributed by atoms with E-state index in [4.69, 9.17) is 14.2 Å². The first-order valence-corrected chi connectivity index (χ1v) is 7.24. The van der Waals surface area contributed by atoms with Crippen LogP contribution in [0.4, 0.5) is 0 Å². The first-order valence-electron chi connectivity index (χ1n) is 7.24. The molecular weight excluding hydrogens is 278 g/mol. The minimum atomic E-state index is -0.568. The molecule has 0 spiro atoms. The van der Waals surface area contributed by atoms with Gasteiger partial charge in [-0.15, -0.1) is 0 Å². The van der Waals surface area contributed by atoms with Crippen LogP contribution in [0.15, 0.2) is 0 Å². The second kappa shape index (κ2) is 10.1. The third-order valence-electron chi connectivity index (χ3n) is 3.29. The van der Waals surface area contributed by atoms with E-state index in [0.29, 0.717) is 26.3 Å². The van der Waals surface area contributed by atoms with Crippen molar-refractivity contribution in [2.24, 2.45) is 0 Å². The molecule has 1 aliphatic heterocycles. The highest BCUT2D eigenvalue weighted by molar-refractivity contribution is 5.69. The largest absolute Gasteiger partial charge is 0.469 e. The third-order valence-corrected chi connectivity index (χ3v) is 3.29. The quantitative estimate of drug-likeness (QED) is 0.584. The van der Waals surface area contributed by atoms with E-state index in [1.165, 1.54) is 7.11 Å². The van der Waals surface area contributed by atoms with E-state index in [0.717, 1.165) is 6.54 Å². The average Bonchev–Trinajstić information content (AvgIpc) is 2.45. The van der Waals surface area contributed by atoms with E-state index in [1.807, 2.05) is 6.92 Å². The number of β-amino-alcohol motifs (C(OH)–C–C–N with tert-alkyl or cyclic N) is 1. The van der Waals surface area contributed by atoms with E-state index >= 15 is 0 Å². The third kappa shape index (κ3) is 7.73. The van der Waals surface area contributed by atoms with Crippen molar-refractivity contribution in [3.8, 4) is 0 Å². The van der Waals surface area contributed by atoms with Crippen LogP contribution < -0.4 is 0 Å². The number of aliphatic hydroxyl groups is 1. The van der Waals surface area contributed by atoms with Gasteiger partial charge in [0.15, 0.2) is 0 Å². The normalized spacial score (nSPS) is 22.8. The molecule has 7 heteroatoms. The first kappa shape index (κ1) is 18.3. The number of methoxy groups -OCH3 is 2. The Morgan fingerprint density at radius 2 is 2.19 bits per heavy atom. The minimum Gasteiger partial charge on any atom is -0.469 e. The van der Waals surface area contributed by atoms with Gasteiger partial charge in [-0.05, 0) is 6.92 Å². The fourth-order valence-corrected chi connectivity index (χ4v) is 2.25. The van der Waals surface area contributed by atoms with Gasteiger partial charge in [0.2, 0.25) is 0 Å². The van der Waals surface area contributed by atoms with E-state index in [-0.39, 0.29) is 31.2 Å². The Bertz CT molecular complexity index is 301. The number of hydrogen-bond donors (Lipinski definition) is 1. The van der Waals surface area contributed by atoms with Crippen molar-refractivity contribution >= 4 is 5.97 Å². The number of rotatable bonds is 9. The summed E-state index contributed by atoms with van der Waals surface area (Å²) in [5, 5.41) is 9.99. The smallest absolute Gasteiger partial charge is 0.308 e. The molecule has 0 bridgehead atoms. The zero-order valence-corrected chi connectivity index (χ0v) is 13.1. The molecule has 0 aromatic heterocycles. The van der Waals surface area contributed by atoms with Crippen molar-refractivity contribution in [2.45, 2.75) is 31.7 Å². The Labute approximate surface area is 126 Å². The van der Waals surface area contributed by atoms with Crippen LogP contribution in [0.25, 0.3) is 0 Å². The summed E-state index contributed by atoms with van der Waals surface area (Å²) in [6.45, 7) is 5.07. The number of carbonyl (C=O) groups is 1. The number of carbonyl (C=O) groups excluding carboxylic acids is 1. The highest BCUT2D eigenvalue weighted by atomic mass is 16.5. The van der Waals surface area contributed by atoms with Gasteiger partial charge in [-0.2, -0.15) is 0 Å². The summed E-state index contributed by atoms with van der Waals surface area (Å²) in [6.07, 6.45) is -0.542. The maximum absolute atomic E-state index is 11.2. The number of nitrogens with zero attached hydrogens (tertiary/aromatic N) is 1. The van der Waals surface area contributed by atoms with Crippen molar-refractivity contribution in [3.05, 3.63) is 0 Å². The van der Waals surface area contributed by atoms with Crippen molar-refractivity contribution in [3.63, 3.8) is 0 Å². The van der Waals surface area contributed by atoms with Gasteiger partial charge in [-0.1, -0.05) is 0 Å². The molecule has 7 nitrogen and oxygen atoms in total. The zero-order chi connectivity index (χ0) is 15.7. The number of hydrogen-bond acceptors (Lipinski definition) is 7. The standard InChI is InChI=1S/C14H27NO6/c1-11(9-18-2)21-10-12(16)7-15-4-5-20-13(8-15)6-14(17)19-3/h11-13,16H,4-10H2,1-3H3. The molecule has 0 aliphatic carbocycles. The van der Waals surface area contributed by atoms with Crippen molar-refractivity contribution in [1.82, 2.24) is 4.90 Å². The maximum Gasteiger partial charge on any atom is 0.308 e. The van der Waals surface area contributed by atoms with Crippen LogP contribution in [-0.2, 0) is 23.7 Å². The average molecular weight is 305 g/mol. The molecule has 1 fully saturated rings. The molecule has 1 N–H and O–H groups in total. The first-order chi connectivity index (χ1) is 10.0. The van der Waals surface area contributed by atoms with E-state index in [2.05, 4.69) is 9.64 Å². The molecule has 1 aliphatic rings. The van der Waals surface area contributed by atoms with Crippen LogP contribution >= 0.6 is 0 Å². The van der Waals surface area contributed by atoms with Gasteiger partial charge in [0.05, 0.1) is 51.7 Å². The molecule has 0 aromatic carbocycles. The van der Waals surface area contributed by atoms with Gasteiger partial charge in [0, 0.05) is 26.7 Å². The minimum absolute atomic E-state index is 0.0404. The van der Waals surface area contributed by atoms with Gasteiger partial charge in [-0.25, -0.2) is 0 Å². The van der Waals surface area contributed by atoms with Crippen LogP contribution in [0.3, 0.4) is 0 Å². The van der Waals surface area contributed by atoms with Crippen LogP contribution in [0, 0.1) is 0 Å². The van der Waals surface area contributed by atoms with Gasteiger partial charge < -0.3 is 24.1 Å². The van der Waals surface area contributed by atoms with E-state index in [1.54, 1.807) is 7.11 Å². The SMILES string of the molecule is COCC(C)OCC(O)CN1CCOC(CC(=O)OC)C1. The Hall–Kier alpha value is -0.730. The lowest BCUT2D eigenvalue weighted by molar-refractivity contribution is -0.146. The van der Waals surface area contributed by atoms with E-state index < -0.39 is 6.10 Å². The lowest BCUT2D eigenvalue weighted by Gasteiger charge is -2.33. The summed E-state index contributed by atoms with van der Waals surface area (Å²) in [5.74, 6) is -0.279. The van der Waals surface area contributed by atoms with Gasteiger partial charge in [0.25, 0.3) is 0 Å². The molecule has 3 unspecified atom stereocenters. The lowest BCUT2D eigenvalue weighted by Crippen LogP contribution is -2.47. The molecule has 1 heterocycles. The van der Waals surface area contributed by atoms with Crippen molar-refractivity contribution in [1.29, 1.82) is 0 Å². The molecular formula is C14H27NO6. The molecule has 124 valence electrons. The van der Waals surface area contributed by atoms with Crippen LogP contribution in [-0.4, -0.2) is 88.0 Å². The summed E-state index contributed by atoms with van der Waals surface area (Å²) in [5.41, 5.74) is 0. The highest BCUT2D eigenvalue weighted by Gasteiger charge is 2.24. The summed E-state index contributed by atoms with van der Waals surface area (Å²) in [4.78, 5) is 13.3. The van der Waals surface area contributed by atoms with Gasteiger partial charge in [0.1, 0.15) is 0 Å². The molecule has 0 aromatic rings. The summed E-state index contributed by atoms with van der Waals surface area (Å²) < 4.78 is 20.6. The van der Waals surface area contributed by atoms with Crippen molar-refractivity contribution < 1.29 is 28.8 Å². The molecule has 21 heavy (non-hydrogen) atoms. The molecule has 0 saturated carbocycles. The molecule has 0 amide bonds. The Balaban J connectivity index is 2.25. The van der Waals surface area contributed by atoms with Crippen LogP contribution in [0.1, 0.15) is 13.3 Å². The second-order valence-electron chi connectivity index (χ2n) is 5.29.